The van der Waals surface area contributed by atoms with Crippen molar-refractivity contribution < 1.29 is 9.53 Å². The van der Waals surface area contributed by atoms with Crippen molar-refractivity contribution in [2.75, 3.05) is 11.5 Å². The van der Waals surface area contributed by atoms with Crippen molar-refractivity contribution >= 4 is 63.5 Å². The summed E-state index contributed by atoms with van der Waals surface area (Å²) in [7, 11) is 0. The number of thioether (sulfide) groups is 1. The Morgan fingerprint density at radius 3 is 2.14 bits per heavy atom. The number of anilines is 1. The lowest BCUT2D eigenvalue weighted by atomic mass is 10.1. The fourth-order valence-corrected chi connectivity index (χ4v) is 5.13. The van der Waals surface area contributed by atoms with Gasteiger partial charge in [0.15, 0.2) is 5.17 Å². The number of nitrogens with zero attached hydrogens (tertiary/aromatic N) is 2. The van der Waals surface area contributed by atoms with Gasteiger partial charge >= 0.3 is 0 Å². The van der Waals surface area contributed by atoms with Gasteiger partial charge in [-0.05, 0) is 90.5 Å². The van der Waals surface area contributed by atoms with Gasteiger partial charge in [-0.25, -0.2) is 4.99 Å². The Balaban J connectivity index is 1.47. The molecule has 3 aromatic carbocycles. The number of halogens is 2. The predicted molar refractivity (Wildman–Crippen MR) is 158 cm³/mol. The van der Waals surface area contributed by atoms with Crippen LogP contribution >= 0.6 is 35.0 Å². The minimum Gasteiger partial charge on any atom is -0.494 e. The quantitative estimate of drug-likeness (QED) is 0.175. The van der Waals surface area contributed by atoms with Crippen LogP contribution in [0.15, 0.2) is 82.7 Å². The number of ether oxygens (including phenoxy) is 1. The molecule has 0 bridgehead atoms. The van der Waals surface area contributed by atoms with Crippen molar-refractivity contribution in [3.8, 4) is 5.75 Å². The SMILES string of the molecule is CCCCCCCCOc1ccc(/C=C2/SC(=Nc3ccc(Cl)cc3)N(c3ccc(Cl)cc3)C2=O)cc1. The van der Waals surface area contributed by atoms with E-state index in [1.807, 2.05) is 54.6 Å². The normalized spacial score (nSPS) is 15.6. The zero-order valence-electron chi connectivity index (χ0n) is 20.8. The molecule has 0 spiro atoms. The van der Waals surface area contributed by atoms with Crippen molar-refractivity contribution in [3.05, 3.63) is 93.3 Å². The van der Waals surface area contributed by atoms with Crippen LogP contribution < -0.4 is 9.64 Å². The molecule has 1 amide bonds. The fraction of sp³-hybridized carbons (Fsp3) is 0.267. The second-order valence-corrected chi connectivity index (χ2v) is 10.7. The molecule has 4 rings (SSSR count). The molecular weight excluding hydrogens is 523 g/mol. The van der Waals surface area contributed by atoms with E-state index in [0.29, 0.717) is 31.5 Å². The predicted octanol–water partition coefficient (Wildman–Crippen LogP) is 9.54. The van der Waals surface area contributed by atoms with Crippen LogP contribution in [0.25, 0.3) is 6.08 Å². The molecule has 0 radical (unpaired) electrons. The highest BCUT2D eigenvalue weighted by Crippen LogP contribution is 2.38. The number of amidine groups is 1. The van der Waals surface area contributed by atoms with E-state index in [-0.39, 0.29) is 5.91 Å². The average Bonchev–Trinajstić information content (AvgIpc) is 3.20. The molecule has 7 heteroatoms. The number of amides is 1. The molecule has 0 N–H and O–H groups in total. The molecule has 1 aliphatic heterocycles. The van der Waals surface area contributed by atoms with Crippen molar-refractivity contribution in [2.24, 2.45) is 4.99 Å². The van der Waals surface area contributed by atoms with Crippen LogP contribution in [0, 0.1) is 0 Å². The maximum Gasteiger partial charge on any atom is 0.271 e. The summed E-state index contributed by atoms with van der Waals surface area (Å²) < 4.78 is 5.89. The standard InChI is InChI=1S/C30H30Cl2N2O2S/c1-2-3-4-5-6-7-20-36-27-18-8-22(9-19-27)21-28-29(35)34(26-16-12-24(32)13-17-26)30(37-28)33-25-14-10-23(31)11-15-25/h8-19,21H,2-7,20H2,1H3/b28-21+,33-30?. The number of carbonyl (C=O) groups is 1. The second kappa shape index (κ2) is 13.7. The molecule has 0 saturated carbocycles. The van der Waals surface area contributed by atoms with Crippen molar-refractivity contribution in [1.29, 1.82) is 0 Å². The Labute approximate surface area is 233 Å². The number of unbranched alkanes of at least 4 members (excludes halogenated alkanes) is 5. The molecule has 192 valence electrons. The van der Waals surface area contributed by atoms with Crippen molar-refractivity contribution in [2.45, 2.75) is 45.4 Å². The Morgan fingerprint density at radius 1 is 0.838 bits per heavy atom. The van der Waals surface area contributed by atoms with E-state index in [1.54, 1.807) is 29.2 Å². The summed E-state index contributed by atoms with van der Waals surface area (Å²) in [6.45, 7) is 2.95. The summed E-state index contributed by atoms with van der Waals surface area (Å²) in [4.78, 5) is 20.4. The first-order valence-corrected chi connectivity index (χ1v) is 14.2. The van der Waals surface area contributed by atoms with Gasteiger partial charge < -0.3 is 4.74 Å². The third kappa shape index (κ3) is 7.88. The molecule has 0 atom stereocenters. The minimum absolute atomic E-state index is 0.136. The molecule has 37 heavy (non-hydrogen) atoms. The summed E-state index contributed by atoms with van der Waals surface area (Å²) in [5, 5.41) is 1.81. The lowest BCUT2D eigenvalue weighted by Gasteiger charge is -2.15. The molecule has 0 aromatic heterocycles. The summed E-state index contributed by atoms with van der Waals surface area (Å²) in [6.07, 6.45) is 9.30. The van der Waals surface area contributed by atoms with E-state index < -0.39 is 0 Å². The summed E-state index contributed by atoms with van der Waals surface area (Å²) in [6, 6.07) is 22.2. The third-order valence-corrected chi connectivity index (χ3v) is 7.36. The molecule has 1 heterocycles. The Bertz CT molecular complexity index is 1240. The van der Waals surface area contributed by atoms with Crippen molar-refractivity contribution in [1.82, 2.24) is 0 Å². The van der Waals surface area contributed by atoms with Crippen LogP contribution in [0.5, 0.6) is 5.75 Å². The van der Waals surface area contributed by atoms with Gasteiger partial charge in [0.05, 0.1) is 22.9 Å². The van der Waals surface area contributed by atoms with Gasteiger partial charge in [-0.1, -0.05) is 74.4 Å². The maximum absolute atomic E-state index is 13.5. The zero-order valence-corrected chi connectivity index (χ0v) is 23.2. The van der Waals surface area contributed by atoms with Crippen LogP contribution in [0.4, 0.5) is 11.4 Å². The molecule has 3 aromatic rings. The van der Waals surface area contributed by atoms with E-state index >= 15 is 0 Å². The first-order chi connectivity index (χ1) is 18.0. The van der Waals surface area contributed by atoms with Gasteiger partial charge in [-0.2, -0.15) is 0 Å². The lowest BCUT2D eigenvalue weighted by Crippen LogP contribution is -2.28. The number of hydrogen-bond acceptors (Lipinski definition) is 4. The highest BCUT2D eigenvalue weighted by atomic mass is 35.5. The van der Waals surface area contributed by atoms with E-state index in [0.717, 1.165) is 24.3 Å². The lowest BCUT2D eigenvalue weighted by molar-refractivity contribution is -0.113. The summed E-state index contributed by atoms with van der Waals surface area (Å²) in [5.74, 6) is 0.706. The van der Waals surface area contributed by atoms with E-state index in [4.69, 9.17) is 32.9 Å². The van der Waals surface area contributed by atoms with Gasteiger partial charge in [0.2, 0.25) is 0 Å². The number of aliphatic imine (C=N–C) groups is 1. The smallest absolute Gasteiger partial charge is 0.271 e. The summed E-state index contributed by atoms with van der Waals surface area (Å²) in [5.41, 5.74) is 2.34. The van der Waals surface area contributed by atoms with Gasteiger partial charge in [-0.15, -0.1) is 0 Å². The maximum atomic E-state index is 13.5. The van der Waals surface area contributed by atoms with Gasteiger partial charge in [-0.3, -0.25) is 9.69 Å². The fourth-order valence-electron chi connectivity index (χ4n) is 3.88. The van der Waals surface area contributed by atoms with E-state index in [9.17, 15) is 4.79 Å². The minimum atomic E-state index is -0.136. The first-order valence-electron chi connectivity index (χ1n) is 12.6. The largest absolute Gasteiger partial charge is 0.494 e. The van der Waals surface area contributed by atoms with Crippen LogP contribution in [-0.4, -0.2) is 17.7 Å². The highest BCUT2D eigenvalue weighted by Gasteiger charge is 2.34. The molecular formula is C30H30Cl2N2O2S. The third-order valence-electron chi connectivity index (χ3n) is 5.89. The second-order valence-electron chi connectivity index (χ2n) is 8.78. The Morgan fingerprint density at radius 2 is 1.46 bits per heavy atom. The van der Waals surface area contributed by atoms with Crippen LogP contribution in [0.3, 0.4) is 0 Å². The zero-order chi connectivity index (χ0) is 26.0. The first kappa shape index (κ1) is 27.3. The number of benzene rings is 3. The number of hydrogen-bond donors (Lipinski definition) is 0. The Hall–Kier alpha value is -2.73. The summed E-state index contributed by atoms with van der Waals surface area (Å²) >= 11 is 13.4. The van der Waals surface area contributed by atoms with Gasteiger partial charge in [0.25, 0.3) is 5.91 Å². The molecule has 1 aliphatic rings. The van der Waals surface area contributed by atoms with E-state index in [1.165, 1.54) is 43.9 Å². The average molecular weight is 554 g/mol. The molecule has 4 nitrogen and oxygen atoms in total. The monoisotopic (exact) mass is 552 g/mol. The van der Waals surface area contributed by atoms with Crippen LogP contribution in [-0.2, 0) is 4.79 Å². The Kier molecular flexibility index (Phi) is 10.1. The highest BCUT2D eigenvalue weighted by molar-refractivity contribution is 8.19. The van der Waals surface area contributed by atoms with Gasteiger partial charge in [0, 0.05) is 10.0 Å². The number of carbonyl (C=O) groups excluding carboxylic acids is 1. The topological polar surface area (TPSA) is 41.9 Å². The van der Waals surface area contributed by atoms with Gasteiger partial charge in [0.1, 0.15) is 5.75 Å². The molecule has 1 saturated heterocycles. The molecule has 1 fully saturated rings. The van der Waals surface area contributed by atoms with Crippen molar-refractivity contribution in [3.63, 3.8) is 0 Å². The van der Waals surface area contributed by atoms with Crippen LogP contribution in [0.2, 0.25) is 10.0 Å². The molecule has 0 aliphatic carbocycles. The van der Waals surface area contributed by atoms with E-state index in [2.05, 4.69) is 6.92 Å². The van der Waals surface area contributed by atoms with Crippen LogP contribution in [0.1, 0.15) is 51.0 Å². The number of rotatable bonds is 11. The molecule has 0 unspecified atom stereocenters.